The molecule has 0 aliphatic rings. The van der Waals surface area contributed by atoms with Crippen LogP contribution in [0, 0.1) is 0 Å². The molecule has 64 valence electrons. The van der Waals surface area contributed by atoms with Crippen LogP contribution in [0.5, 0.6) is 0 Å². The molecule has 3 nitrogen and oxygen atoms in total. The summed E-state index contributed by atoms with van der Waals surface area (Å²) in [4.78, 5) is 8.34. The summed E-state index contributed by atoms with van der Waals surface area (Å²) in [6.45, 7) is 0.103. The summed E-state index contributed by atoms with van der Waals surface area (Å²) in [5.41, 5.74) is 0.778. The van der Waals surface area contributed by atoms with Crippen molar-refractivity contribution in [2.45, 2.75) is 6.61 Å². The zero-order valence-corrected chi connectivity index (χ0v) is 7.76. The van der Waals surface area contributed by atoms with E-state index in [4.69, 9.17) is 16.5 Å². The molecule has 5 heteroatoms. The molecular formula is C7H7ClO3P+. The van der Waals surface area contributed by atoms with E-state index in [0.717, 1.165) is 5.56 Å². The fourth-order valence-corrected chi connectivity index (χ4v) is 1.23. The molecule has 0 aliphatic heterocycles. The third-order valence-electron chi connectivity index (χ3n) is 1.23. The first-order chi connectivity index (χ1) is 5.68. The van der Waals surface area contributed by atoms with E-state index in [1.54, 1.807) is 24.3 Å². The monoisotopic (exact) mass is 205 g/mol. The Hall–Kier alpha value is -0.470. The van der Waals surface area contributed by atoms with Gasteiger partial charge in [0.1, 0.15) is 6.61 Å². The van der Waals surface area contributed by atoms with Crippen LogP contribution in [-0.4, -0.2) is 4.89 Å². The lowest BCUT2D eigenvalue weighted by Crippen LogP contribution is -1.84. The Morgan fingerprint density at radius 3 is 2.92 bits per heavy atom. The van der Waals surface area contributed by atoms with Crippen molar-refractivity contribution in [2.24, 2.45) is 0 Å². The van der Waals surface area contributed by atoms with Crippen LogP contribution in [0.1, 0.15) is 5.56 Å². The van der Waals surface area contributed by atoms with E-state index < -0.39 is 8.25 Å². The fraction of sp³-hybridized carbons (Fsp3) is 0.143. The normalized spacial score (nSPS) is 11.3. The first-order valence-electron chi connectivity index (χ1n) is 3.22. The van der Waals surface area contributed by atoms with Crippen molar-refractivity contribution in [1.82, 2.24) is 0 Å². The van der Waals surface area contributed by atoms with Gasteiger partial charge in [0.25, 0.3) is 0 Å². The quantitative estimate of drug-likeness (QED) is 0.772. The summed E-state index contributed by atoms with van der Waals surface area (Å²) in [5, 5.41) is 0.587. The molecule has 0 radical (unpaired) electrons. The van der Waals surface area contributed by atoms with Crippen LogP contribution in [0.25, 0.3) is 0 Å². The maximum absolute atomic E-state index is 10.2. The highest BCUT2D eigenvalue weighted by molar-refractivity contribution is 7.32. The van der Waals surface area contributed by atoms with Crippen molar-refractivity contribution in [3.8, 4) is 0 Å². The molecule has 0 bridgehead atoms. The lowest BCUT2D eigenvalue weighted by Gasteiger charge is -1.94. The van der Waals surface area contributed by atoms with Crippen molar-refractivity contribution >= 4 is 19.9 Å². The maximum atomic E-state index is 10.2. The second-order valence-corrected chi connectivity index (χ2v) is 3.31. The van der Waals surface area contributed by atoms with Gasteiger partial charge in [-0.3, -0.25) is 0 Å². The molecular weight excluding hydrogens is 199 g/mol. The van der Waals surface area contributed by atoms with E-state index in [0.29, 0.717) is 5.02 Å². The molecule has 12 heavy (non-hydrogen) atoms. The zero-order chi connectivity index (χ0) is 8.97. The van der Waals surface area contributed by atoms with Crippen LogP contribution in [0.2, 0.25) is 5.02 Å². The van der Waals surface area contributed by atoms with Crippen molar-refractivity contribution in [2.75, 3.05) is 0 Å². The zero-order valence-electron chi connectivity index (χ0n) is 6.11. The van der Waals surface area contributed by atoms with E-state index in [1.165, 1.54) is 0 Å². The van der Waals surface area contributed by atoms with Gasteiger partial charge in [-0.25, -0.2) is 0 Å². The predicted molar refractivity (Wildman–Crippen MR) is 46.1 cm³/mol. The Morgan fingerprint density at radius 1 is 1.58 bits per heavy atom. The van der Waals surface area contributed by atoms with E-state index in [9.17, 15) is 4.57 Å². The van der Waals surface area contributed by atoms with Gasteiger partial charge in [0, 0.05) is 9.59 Å². The highest BCUT2D eigenvalue weighted by Gasteiger charge is 2.11. The largest absolute Gasteiger partial charge is 0.695 e. The Morgan fingerprint density at radius 2 is 2.33 bits per heavy atom. The van der Waals surface area contributed by atoms with Crippen molar-refractivity contribution < 1.29 is 14.0 Å². The van der Waals surface area contributed by atoms with Crippen LogP contribution < -0.4 is 0 Å². The minimum atomic E-state index is -2.53. The lowest BCUT2D eigenvalue weighted by atomic mass is 10.2. The standard InChI is InChI=1S/C7H6ClO3P/c8-7-3-1-2-6(4-7)5-11-12(9)10/h1-4H,5H2/p+1. The topological polar surface area (TPSA) is 46.5 Å². The molecule has 0 saturated carbocycles. The first kappa shape index (κ1) is 9.62. The number of halogens is 1. The Kier molecular flexibility index (Phi) is 3.63. The van der Waals surface area contributed by atoms with Crippen LogP contribution in [0.4, 0.5) is 0 Å². The summed E-state index contributed by atoms with van der Waals surface area (Å²) in [6.07, 6.45) is 0. The van der Waals surface area contributed by atoms with Gasteiger partial charge in [-0.2, -0.15) is 0 Å². The molecule has 0 heterocycles. The number of rotatable bonds is 3. The van der Waals surface area contributed by atoms with Crippen LogP contribution in [0.3, 0.4) is 0 Å². The molecule has 1 rings (SSSR count). The summed E-state index contributed by atoms with van der Waals surface area (Å²) < 4.78 is 14.6. The molecule has 1 N–H and O–H groups in total. The lowest BCUT2D eigenvalue weighted by molar-refractivity contribution is 0.272. The second-order valence-electron chi connectivity index (χ2n) is 2.14. The van der Waals surface area contributed by atoms with Crippen molar-refractivity contribution in [3.05, 3.63) is 34.9 Å². The molecule has 0 spiro atoms. The highest BCUT2D eigenvalue weighted by atomic mass is 35.5. The Bertz CT molecular complexity index is 290. The van der Waals surface area contributed by atoms with Gasteiger partial charge in [0.05, 0.1) is 0 Å². The SMILES string of the molecule is O=[P+](O)OCc1cccc(Cl)c1. The van der Waals surface area contributed by atoms with Gasteiger partial charge in [-0.15, -0.1) is 9.42 Å². The summed E-state index contributed by atoms with van der Waals surface area (Å²) in [7, 11) is -2.53. The van der Waals surface area contributed by atoms with E-state index >= 15 is 0 Å². The maximum Gasteiger partial charge on any atom is 0.695 e. The van der Waals surface area contributed by atoms with Gasteiger partial charge in [0.2, 0.25) is 0 Å². The Balaban J connectivity index is 2.57. The molecule has 1 atom stereocenters. The van der Waals surface area contributed by atoms with Crippen LogP contribution in [-0.2, 0) is 15.7 Å². The van der Waals surface area contributed by atoms with Gasteiger partial charge in [0.15, 0.2) is 0 Å². The predicted octanol–water partition coefficient (Wildman–Crippen LogP) is 2.51. The highest BCUT2D eigenvalue weighted by Crippen LogP contribution is 2.19. The van der Waals surface area contributed by atoms with Crippen molar-refractivity contribution in [3.63, 3.8) is 0 Å². The van der Waals surface area contributed by atoms with Gasteiger partial charge in [-0.05, 0) is 17.7 Å². The third-order valence-corrected chi connectivity index (χ3v) is 1.82. The molecule has 0 aliphatic carbocycles. The van der Waals surface area contributed by atoms with Gasteiger partial charge >= 0.3 is 8.25 Å². The number of hydrogen-bond acceptors (Lipinski definition) is 2. The van der Waals surface area contributed by atoms with E-state index in [2.05, 4.69) is 4.52 Å². The van der Waals surface area contributed by atoms with Crippen LogP contribution in [0.15, 0.2) is 24.3 Å². The third kappa shape index (κ3) is 3.28. The molecule has 0 saturated heterocycles. The Labute approximate surface area is 75.9 Å². The fourth-order valence-electron chi connectivity index (χ4n) is 0.757. The van der Waals surface area contributed by atoms with E-state index in [1.807, 2.05) is 0 Å². The van der Waals surface area contributed by atoms with Crippen LogP contribution >= 0.6 is 19.9 Å². The van der Waals surface area contributed by atoms with E-state index in [-0.39, 0.29) is 6.61 Å². The minimum Gasteiger partial charge on any atom is -0.133 e. The smallest absolute Gasteiger partial charge is 0.133 e. The first-order valence-corrected chi connectivity index (χ1v) is 4.73. The number of benzene rings is 1. The molecule has 1 aromatic carbocycles. The summed E-state index contributed by atoms with van der Waals surface area (Å²) >= 11 is 5.67. The molecule has 1 unspecified atom stereocenters. The average molecular weight is 206 g/mol. The number of hydrogen-bond donors (Lipinski definition) is 1. The average Bonchev–Trinajstić information content (AvgIpc) is 2.01. The summed E-state index contributed by atoms with van der Waals surface area (Å²) in [6, 6.07) is 6.93. The molecule has 1 aromatic rings. The minimum absolute atomic E-state index is 0.103. The molecule has 0 amide bonds. The second kappa shape index (κ2) is 4.53. The molecule has 0 fully saturated rings. The van der Waals surface area contributed by atoms with Gasteiger partial charge < -0.3 is 0 Å². The van der Waals surface area contributed by atoms with Gasteiger partial charge in [-0.1, -0.05) is 23.7 Å². The van der Waals surface area contributed by atoms with Crippen molar-refractivity contribution in [1.29, 1.82) is 0 Å². The molecule has 0 aromatic heterocycles. The summed E-state index contributed by atoms with van der Waals surface area (Å²) in [5.74, 6) is 0.